The largest absolute Gasteiger partial charge is 0.393 e. The number of methoxy groups -OCH3 is 1. The molecule has 2 aromatic rings. The van der Waals surface area contributed by atoms with Crippen LogP contribution in [0.25, 0.3) is 17.2 Å². The molecule has 0 radical (unpaired) electrons. The number of ether oxygens (including phenoxy) is 1. The van der Waals surface area contributed by atoms with Crippen LogP contribution in [-0.2, 0) is 16.1 Å². The standard InChI is InChI=1S/C27H34FNO3/c1-16(2)26-23(11-6-18-12-21(30)14-22(31)13-18)25(19-7-9-20(28)10-8-19)24(15-32-5)27(29-26)17(3)4/h6-11,16-18,21,30H,12-15H2,1-5H3/t18-,21-/m1/s1. The summed E-state index contributed by atoms with van der Waals surface area (Å²) in [6, 6.07) is 6.53. The predicted molar refractivity (Wildman–Crippen MR) is 126 cm³/mol. The number of benzene rings is 1. The number of aromatic nitrogens is 1. The molecule has 172 valence electrons. The first-order valence-electron chi connectivity index (χ1n) is 11.4. The summed E-state index contributed by atoms with van der Waals surface area (Å²) in [5, 5.41) is 10.0. The maximum absolute atomic E-state index is 13.7. The van der Waals surface area contributed by atoms with Gasteiger partial charge in [0.2, 0.25) is 0 Å². The van der Waals surface area contributed by atoms with Gasteiger partial charge in [-0.05, 0) is 47.4 Å². The molecular formula is C27H34FNO3. The van der Waals surface area contributed by atoms with Crippen LogP contribution in [0.3, 0.4) is 0 Å². The Morgan fingerprint density at radius 2 is 1.78 bits per heavy atom. The van der Waals surface area contributed by atoms with Crippen LogP contribution in [0.1, 0.15) is 81.3 Å². The van der Waals surface area contributed by atoms with Crippen molar-refractivity contribution in [3.05, 3.63) is 58.7 Å². The van der Waals surface area contributed by atoms with Gasteiger partial charge in [0.15, 0.2) is 0 Å². The smallest absolute Gasteiger partial charge is 0.136 e. The molecule has 1 saturated carbocycles. The van der Waals surface area contributed by atoms with E-state index >= 15 is 0 Å². The van der Waals surface area contributed by atoms with Crippen LogP contribution >= 0.6 is 0 Å². The predicted octanol–water partition coefficient (Wildman–Crippen LogP) is 6.02. The quantitative estimate of drug-likeness (QED) is 0.573. The molecule has 1 aromatic carbocycles. The number of carbonyl (C=O) groups excluding carboxylic acids is 1. The van der Waals surface area contributed by atoms with E-state index in [4.69, 9.17) is 9.72 Å². The number of allylic oxidation sites excluding steroid dienone is 1. The summed E-state index contributed by atoms with van der Waals surface area (Å²) in [6.07, 6.45) is 4.75. The van der Waals surface area contributed by atoms with Gasteiger partial charge in [-0.15, -0.1) is 0 Å². The third-order valence-electron chi connectivity index (χ3n) is 5.98. The Bertz CT molecular complexity index is 979. The zero-order valence-corrected chi connectivity index (χ0v) is 19.7. The zero-order valence-electron chi connectivity index (χ0n) is 19.7. The Kier molecular flexibility index (Phi) is 7.96. The number of hydrogen-bond acceptors (Lipinski definition) is 4. The van der Waals surface area contributed by atoms with Gasteiger partial charge in [-0.2, -0.15) is 0 Å². The van der Waals surface area contributed by atoms with Crippen molar-refractivity contribution in [1.29, 1.82) is 0 Å². The lowest BCUT2D eigenvalue weighted by atomic mass is 9.84. The van der Waals surface area contributed by atoms with Crippen LogP contribution in [0, 0.1) is 11.7 Å². The molecule has 2 atom stereocenters. The first kappa shape index (κ1) is 24.3. The van der Waals surface area contributed by atoms with E-state index in [1.165, 1.54) is 12.1 Å². The van der Waals surface area contributed by atoms with E-state index in [0.717, 1.165) is 33.6 Å². The second kappa shape index (κ2) is 10.5. The minimum absolute atomic E-state index is 0.0111. The number of rotatable bonds is 7. The minimum Gasteiger partial charge on any atom is -0.393 e. The molecule has 1 N–H and O–H groups in total. The molecule has 1 aliphatic carbocycles. The summed E-state index contributed by atoms with van der Waals surface area (Å²) in [4.78, 5) is 17.1. The van der Waals surface area contributed by atoms with E-state index < -0.39 is 6.10 Å². The highest BCUT2D eigenvalue weighted by molar-refractivity contribution is 5.82. The van der Waals surface area contributed by atoms with Crippen LogP contribution in [0.15, 0.2) is 30.3 Å². The molecule has 32 heavy (non-hydrogen) atoms. The number of carbonyl (C=O) groups is 1. The topological polar surface area (TPSA) is 59.4 Å². The summed E-state index contributed by atoms with van der Waals surface area (Å²) in [5.74, 6) is 0.163. The van der Waals surface area contributed by atoms with Gasteiger partial charge in [0.1, 0.15) is 11.6 Å². The molecule has 0 unspecified atom stereocenters. The fraction of sp³-hybridized carbons (Fsp3) is 0.481. The van der Waals surface area contributed by atoms with Gasteiger partial charge in [0.25, 0.3) is 0 Å². The molecule has 3 rings (SSSR count). The van der Waals surface area contributed by atoms with Crippen molar-refractivity contribution in [2.45, 2.75) is 71.5 Å². The Labute approximate surface area is 190 Å². The van der Waals surface area contributed by atoms with Crippen LogP contribution < -0.4 is 0 Å². The van der Waals surface area contributed by atoms with E-state index in [2.05, 4.69) is 27.7 Å². The molecule has 0 amide bonds. The SMILES string of the molecule is COCc1c(C(C)C)nc(C(C)C)c(C=C[C@H]2CC(=O)C[C@H](O)C2)c1-c1ccc(F)cc1. The molecule has 0 aliphatic heterocycles. The summed E-state index contributed by atoms with van der Waals surface area (Å²) in [6.45, 7) is 8.85. The first-order chi connectivity index (χ1) is 15.2. The monoisotopic (exact) mass is 439 g/mol. The molecule has 1 heterocycles. The first-order valence-corrected chi connectivity index (χ1v) is 11.4. The van der Waals surface area contributed by atoms with Crippen molar-refractivity contribution in [1.82, 2.24) is 4.98 Å². The number of halogens is 1. The van der Waals surface area contributed by atoms with Crippen LogP contribution in [0.2, 0.25) is 0 Å². The van der Waals surface area contributed by atoms with Crippen molar-refractivity contribution in [3.8, 4) is 11.1 Å². The Morgan fingerprint density at radius 1 is 1.12 bits per heavy atom. The number of pyridine rings is 1. The molecule has 1 aromatic heterocycles. The second-order valence-corrected chi connectivity index (χ2v) is 9.35. The van der Waals surface area contributed by atoms with Crippen LogP contribution in [-0.4, -0.2) is 29.1 Å². The third-order valence-corrected chi connectivity index (χ3v) is 5.98. The molecule has 4 nitrogen and oxygen atoms in total. The van der Waals surface area contributed by atoms with E-state index in [-0.39, 0.29) is 35.8 Å². The molecular weight excluding hydrogens is 405 g/mol. The summed E-state index contributed by atoms with van der Waals surface area (Å²) in [5.41, 5.74) is 5.81. The number of hydrogen-bond donors (Lipinski definition) is 1. The zero-order chi connectivity index (χ0) is 23.4. The van der Waals surface area contributed by atoms with E-state index in [1.807, 2.05) is 12.2 Å². The second-order valence-electron chi connectivity index (χ2n) is 9.35. The van der Waals surface area contributed by atoms with Gasteiger partial charge in [-0.25, -0.2) is 4.39 Å². The number of Topliss-reactive ketones (excluding diaryl/α,β-unsaturated/α-hetero) is 1. The average molecular weight is 440 g/mol. The van der Waals surface area contributed by atoms with Gasteiger partial charge in [-0.1, -0.05) is 52.0 Å². The van der Waals surface area contributed by atoms with E-state index in [1.54, 1.807) is 19.2 Å². The van der Waals surface area contributed by atoms with E-state index in [9.17, 15) is 14.3 Å². The molecule has 1 fully saturated rings. The highest BCUT2D eigenvalue weighted by Crippen LogP contribution is 2.38. The van der Waals surface area contributed by atoms with Gasteiger partial charge < -0.3 is 9.84 Å². The molecule has 0 bridgehead atoms. The van der Waals surface area contributed by atoms with Gasteiger partial charge in [0, 0.05) is 36.8 Å². The third kappa shape index (κ3) is 5.51. The summed E-state index contributed by atoms with van der Waals surface area (Å²) in [7, 11) is 1.67. The molecule has 0 saturated heterocycles. The summed E-state index contributed by atoms with van der Waals surface area (Å²) < 4.78 is 19.3. The number of ketones is 1. The van der Waals surface area contributed by atoms with Crippen molar-refractivity contribution >= 4 is 11.9 Å². The molecule has 5 heteroatoms. The molecule has 1 aliphatic rings. The molecule has 0 spiro atoms. The fourth-order valence-corrected chi connectivity index (χ4v) is 4.53. The lowest BCUT2D eigenvalue weighted by molar-refractivity contribution is -0.124. The lowest BCUT2D eigenvalue weighted by Crippen LogP contribution is -2.25. The van der Waals surface area contributed by atoms with Crippen molar-refractivity contribution in [2.24, 2.45) is 5.92 Å². The number of aliphatic hydroxyl groups excluding tert-OH is 1. The van der Waals surface area contributed by atoms with Gasteiger partial charge in [0.05, 0.1) is 18.4 Å². The number of aliphatic hydroxyl groups is 1. The van der Waals surface area contributed by atoms with Gasteiger partial charge >= 0.3 is 0 Å². The van der Waals surface area contributed by atoms with Crippen LogP contribution in [0.4, 0.5) is 4.39 Å². The highest BCUT2D eigenvalue weighted by atomic mass is 19.1. The Morgan fingerprint density at radius 3 is 2.34 bits per heavy atom. The summed E-state index contributed by atoms with van der Waals surface area (Å²) >= 11 is 0. The van der Waals surface area contributed by atoms with E-state index in [0.29, 0.717) is 19.4 Å². The average Bonchev–Trinajstić information content (AvgIpc) is 2.72. The van der Waals surface area contributed by atoms with Crippen molar-refractivity contribution in [2.75, 3.05) is 7.11 Å². The van der Waals surface area contributed by atoms with Crippen molar-refractivity contribution in [3.63, 3.8) is 0 Å². The van der Waals surface area contributed by atoms with Gasteiger partial charge in [-0.3, -0.25) is 9.78 Å². The Hall–Kier alpha value is -2.37. The maximum atomic E-state index is 13.7. The Balaban J connectivity index is 2.24. The number of nitrogens with zero attached hydrogens (tertiary/aromatic N) is 1. The highest BCUT2D eigenvalue weighted by Gasteiger charge is 2.26. The van der Waals surface area contributed by atoms with Crippen LogP contribution in [0.5, 0.6) is 0 Å². The van der Waals surface area contributed by atoms with Crippen molar-refractivity contribution < 1.29 is 19.0 Å². The maximum Gasteiger partial charge on any atom is 0.136 e. The fourth-order valence-electron chi connectivity index (χ4n) is 4.53. The minimum atomic E-state index is -0.586. The normalized spacial score (nSPS) is 19.5. The lowest BCUT2D eigenvalue weighted by Gasteiger charge is -2.25.